The molecule has 0 fully saturated rings. The number of nitrogens with one attached hydrogen (secondary N) is 1. The number of amides is 1. The number of aromatic nitrogens is 2. The SMILES string of the molecule is COc1cccc(-c2ccc(=O)n(CCNC(=O)COc3cccc(F)c3)n2)c1. The highest BCUT2D eigenvalue weighted by Gasteiger charge is 2.07. The quantitative estimate of drug-likeness (QED) is 0.631. The second kappa shape index (κ2) is 9.50. The summed E-state index contributed by atoms with van der Waals surface area (Å²) in [5.74, 6) is 0.132. The first kappa shape index (κ1) is 20.1. The minimum absolute atomic E-state index is 0.194. The Bertz CT molecular complexity index is 1050. The highest BCUT2D eigenvalue weighted by Crippen LogP contribution is 2.21. The zero-order valence-corrected chi connectivity index (χ0v) is 15.8. The first-order chi connectivity index (χ1) is 14.0. The van der Waals surface area contributed by atoms with Gasteiger partial charge >= 0.3 is 0 Å². The zero-order valence-electron chi connectivity index (χ0n) is 15.8. The maximum atomic E-state index is 13.1. The highest BCUT2D eigenvalue weighted by atomic mass is 19.1. The summed E-state index contributed by atoms with van der Waals surface area (Å²) in [6, 6.07) is 16.0. The summed E-state index contributed by atoms with van der Waals surface area (Å²) in [6.07, 6.45) is 0. The van der Waals surface area contributed by atoms with Crippen LogP contribution in [0.15, 0.2) is 65.5 Å². The number of methoxy groups -OCH3 is 1. The number of nitrogens with zero attached hydrogens (tertiary/aromatic N) is 2. The molecule has 0 atom stereocenters. The fourth-order valence-electron chi connectivity index (χ4n) is 2.60. The van der Waals surface area contributed by atoms with Crippen molar-refractivity contribution in [2.24, 2.45) is 0 Å². The number of hydrogen-bond acceptors (Lipinski definition) is 5. The Kier molecular flexibility index (Phi) is 6.57. The number of halogens is 1. The minimum atomic E-state index is -0.440. The van der Waals surface area contributed by atoms with Crippen molar-refractivity contribution < 1.29 is 18.7 Å². The molecule has 0 saturated heterocycles. The van der Waals surface area contributed by atoms with Crippen LogP contribution in [-0.2, 0) is 11.3 Å². The van der Waals surface area contributed by atoms with Gasteiger partial charge in [-0.25, -0.2) is 9.07 Å². The standard InChI is InChI=1S/C21H20FN3O4/c1-28-17-6-2-4-15(12-17)19-8-9-21(27)25(24-19)11-10-23-20(26)14-29-18-7-3-5-16(22)13-18/h2-9,12-13H,10-11,14H2,1H3,(H,23,26). The molecule has 0 bridgehead atoms. The monoisotopic (exact) mass is 397 g/mol. The smallest absolute Gasteiger partial charge is 0.266 e. The predicted molar refractivity (Wildman–Crippen MR) is 105 cm³/mol. The molecule has 3 rings (SSSR count). The Morgan fingerprint density at radius 3 is 2.69 bits per heavy atom. The van der Waals surface area contributed by atoms with E-state index in [2.05, 4.69) is 10.4 Å². The summed E-state index contributed by atoms with van der Waals surface area (Å²) < 4.78 is 24.8. The second-order valence-electron chi connectivity index (χ2n) is 6.11. The van der Waals surface area contributed by atoms with E-state index in [0.717, 1.165) is 5.56 Å². The number of rotatable bonds is 8. The van der Waals surface area contributed by atoms with Gasteiger partial charge in [0.15, 0.2) is 6.61 Å². The van der Waals surface area contributed by atoms with E-state index in [9.17, 15) is 14.0 Å². The number of hydrogen-bond donors (Lipinski definition) is 1. The topological polar surface area (TPSA) is 82.5 Å². The molecule has 1 heterocycles. The van der Waals surface area contributed by atoms with Crippen LogP contribution in [0, 0.1) is 5.82 Å². The molecule has 0 saturated carbocycles. The number of carbonyl (C=O) groups is 1. The number of carbonyl (C=O) groups excluding carboxylic acids is 1. The van der Waals surface area contributed by atoms with Gasteiger partial charge in [-0.3, -0.25) is 9.59 Å². The molecule has 0 aliphatic carbocycles. The molecule has 0 spiro atoms. The van der Waals surface area contributed by atoms with Gasteiger partial charge in [0.05, 0.1) is 19.3 Å². The Morgan fingerprint density at radius 1 is 1.10 bits per heavy atom. The van der Waals surface area contributed by atoms with Crippen LogP contribution in [0.4, 0.5) is 4.39 Å². The predicted octanol–water partition coefficient (Wildman–Crippen LogP) is 2.25. The van der Waals surface area contributed by atoms with Gasteiger partial charge in [-0.05, 0) is 30.3 Å². The maximum absolute atomic E-state index is 13.1. The summed E-state index contributed by atoms with van der Waals surface area (Å²) in [5, 5.41) is 6.99. The Hall–Kier alpha value is -3.68. The van der Waals surface area contributed by atoms with Crippen LogP contribution in [0.2, 0.25) is 0 Å². The molecule has 0 radical (unpaired) electrons. The molecule has 1 amide bonds. The fraction of sp³-hybridized carbons (Fsp3) is 0.190. The van der Waals surface area contributed by atoms with E-state index in [0.29, 0.717) is 11.4 Å². The van der Waals surface area contributed by atoms with Crippen LogP contribution in [0.3, 0.4) is 0 Å². The first-order valence-electron chi connectivity index (χ1n) is 8.93. The largest absolute Gasteiger partial charge is 0.497 e. The van der Waals surface area contributed by atoms with Crippen LogP contribution in [0.1, 0.15) is 0 Å². The molecule has 1 N–H and O–H groups in total. The van der Waals surface area contributed by atoms with E-state index >= 15 is 0 Å². The van der Waals surface area contributed by atoms with Gasteiger partial charge in [0, 0.05) is 24.2 Å². The van der Waals surface area contributed by atoms with Crippen molar-refractivity contribution in [3.8, 4) is 22.8 Å². The van der Waals surface area contributed by atoms with Gasteiger partial charge < -0.3 is 14.8 Å². The molecule has 2 aromatic carbocycles. The van der Waals surface area contributed by atoms with Crippen molar-refractivity contribution in [1.82, 2.24) is 15.1 Å². The molecule has 8 heteroatoms. The Balaban J connectivity index is 1.56. The van der Waals surface area contributed by atoms with E-state index in [-0.39, 0.29) is 36.9 Å². The molecular weight excluding hydrogens is 377 g/mol. The lowest BCUT2D eigenvalue weighted by atomic mass is 10.1. The first-order valence-corrected chi connectivity index (χ1v) is 8.93. The molecule has 0 aliphatic rings. The van der Waals surface area contributed by atoms with Gasteiger partial charge in [0.2, 0.25) is 0 Å². The van der Waals surface area contributed by atoms with Gasteiger partial charge in [-0.1, -0.05) is 18.2 Å². The molecule has 0 unspecified atom stereocenters. The van der Waals surface area contributed by atoms with E-state index in [1.165, 1.54) is 28.9 Å². The van der Waals surface area contributed by atoms with Crippen molar-refractivity contribution in [3.05, 3.63) is 76.8 Å². The summed E-state index contributed by atoms with van der Waals surface area (Å²) >= 11 is 0. The van der Waals surface area contributed by atoms with Crippen LogP contribution >= 0.6 is 0 Å². The lowest BCUT2D eigenvalue weighted by molar-refractivity contribution is -0.123. The maximum Gasteiger partial charge on any atom is 0.266 e. The van der Waals surface area contributed by atoms with Crippen molar-refractivity contribution in [3.63, 3.8) is 0 Å². The normalized spacial score (nSPS) is 10.4. The molecule has 1 aromatic heterocycles. The van der Waals surface area contributed by atoms with Crippen LogP contribution in [0.25, 0.3) is 11.3 Å². The van der Waals surface area contributed by atoms with Gasteiger partial charge in [-0.15, -0.1) is 0 Å². The van der Waals surface area contributed by atoms with E-state index in [1.807, 2.05) is 24.3 Å². The Morgan fingerprint density at radius 2 is 1.90 bits per heavy atom. The molecule has 7 nitrogen and oxygen atoms in total. The third-order valence-corrected chi connectivity index (χ3v) is 4.04. The number of benzene rings is 2. The third-order valence-electron chi connectivity index (χ3n) is 4.04. The molecule has 29 heavy (non-hydrogen) atoms. The summed E-state index contributed by atoms with van der Waals surface area (Å²) in [4.78, 5) is 23.9. The third kappa shape index (κ3) is 5.65. The molecular formula is C21H20FN3O4. The number of ether oxygens (including phenoxy) is 2. The van der Waals surface area contributed by atoms with Crippen molar-refractivity contribution in [2.75, 3.05) is 20.3 Å². The van der Waals surface area contributed by atoms with Crippen LogP contribution < -0.4 is 20.3 Å². The molecule has 150 valence electrons. The summed E-state index contributed by atoms with van der Waals surface area (Å²) in [7, 11) is 1.58. The van der Waals surface area contributed by atoms with Gasteiger partial charge in [-0.2, -0.15) is 5.10 Å². The average molecular weight is 397 g/mol. The van der Waals surface area contributed by atoms with Crippen LogP contribution in [-0.4, -0.2) is 35.9 Å². The summed E-state index contributed by atoms with van der Waals surface area (Å²) in [6.45, 7) is 0.137. The van der Waals surface area contributed by atoms with E-state index < -0.39 is 5.82 Å². The lowest BCUT2D eigenvalue weighted by Crippen LogP contribution is -2.34. The van der Waals surface area contributed by atoms with Gasteiger partial charge in [0.1, 0.15) is 17.3 Å². The van der Waals surface area contributed by atoms with Crippen molar-refractivity contribution >= 4 is 5.91 Å². The minimum Gasteiger partial charge on any atom is -0.497 e. The highest BCUT2D eigenvalue weighted by molar-refractivity contribution is 5.77. The van der Waals surface area contributed by atoms with E-state index in [1.54, 1.807) is 19.2 Å². The van der Waals surface area contributed by atoms with Gasteiger partial charge in [0.25, 0.3) is 11.5 Å². The Labute approximate surface area is 166 Å². The zero-order chi connectivity index (χ0) is 20.6. The van der Waals surface area contributed by atoms with E-state index in [4.69, 9.17) is 9.47 Å². The van der Waals surface area contributed by atoms with Crippen molar-refractivity contribution in [1.29, 1.82) is 0 Å². The average Bonchev–Trinajstić information content (AvgIpc) is 2.73. The molecule has 0 aliphatic heterocycles. The lowest BCUT2D eigenvalue weighted by Gasteiger charge is -2.10. The second-order valence-corrected chi connectivity index (χ2v) is 6.11. The summed E-state index contributed by atoms with van der Waals surface area (Å²) in [5.41, 5.74) is 1.15. The van der Waals surface area contributed by atoms with Crippen molar-refractivity contribution in [2.45, 2.75) is 6.54 Å². The van der Waals surface area contributed by atoms with Crippen LogP contribution in [0.5, 0.6) is 11.5 Å². The molecule has 3 aromatic rings. The fourth-order valence-corrected chi connectivity index (χ4v) is 2.60.